The van der Waals surface area contributed by atoms with Crippen molar-refractivity contribution >= 4 is 11.9 Å². The number of benzene rings is 1. The number of carbonyl (C=O) groups excluding carboxylic acids is 2. The Labute approximate surface area is 142 Å². The molecule has 1 aliphatic heterocycles. The smallest absolute Gasteiger partial charge is 0.308 e. The maximum Gasteiger partial charge on any atom is 0.308 e. The Morgan fingerprint density at radius 3 is 2.33 bits per heavy atom. The number of hydrogen-bond acceptors (Lipinski definition) is 5. The molecule has 1 aromatic carbocycles. The molecule has 1 amide bonds. The van der Waals surface area contributed by atoms with Gasteiger partial charge in [-0.3, -0.25) is 9.59 Å². The molecule has 1 fully saturated rings. The number of nitrogens with zero attached hydrogens (tertiary/aromatic N) is 1. The number of carbonyl (C=O) groups is 2. The lowest BCUT2D eigenvalue weighted by molar-refractivity contribution is -0.150. The summed E-state index contributed by atoms with van der Waals surface area (Å²) in [5.41, 5.74) is 0. The van der Waals surface area contributed by atoms with Crippen molar-refractivity contribution in [1.82, 2.24) is 4.90 Å². The number of piperidine rings is 1. The van der Waals surface area contributed by atoms with E-state index in [-0.39, 0.29) is 17.8 Å². The molecule has 0 saturated carbocycles. The first kappa shape index (κ1) is 18.1. The zero-order valence-corrected chi connectivity index (χ0v) is 14.5. The van der Waals surface area contributed by atoms with Crippen LogP contribution in [0.1, 0.15) is 26.2 Å². The average Bonchev–Trinajstić information content (AvgIpc) is 2.65. The zero-order valence-electron chi connectivity index (χ0n) is 14.5. The molecule has 6 nitrogen and oxygen atoms in total. The van der Waals surface area contributed by atoms with Gasteiger partial charge >= 0.3 is 5.97 Å². The standard InChI is InChI=1S/C18H25NO5/c1-4-14(24-16-8-6-5-7-15(16)22-2)17(20)19-11-9-13(10-12-19)18(21)23-3/h5-8,13-14H,4,9-12H2,1-3H3/t14-/m1/s1. The highest BCUT2D eigenvalue weighted by molar-refractivity contribution is 5.82. The van der Waals surface area contributed by atoms with Crippen LogP contribution in [0.3, 0.4) is 0 Å². The lowest BCUT2D eigenvalue weighted by Crippen LogP contribution is -2.46. The topological polar surface area (TPSA) is 65.1 Å². The maximum atomic E-state index is 12.7. The summed E-state index contributed by atoms with van der Waals surface area (Å²) < 4.78 is 15.9. The van der Waals surface area contributed by atoms with Crippen molar-refractivity contribution in [2.24, 2.45) is 5.92 Å². The highest BCUT2D eigenvalue weighted by Gasteiger charge is 2.31. The highest BCUT2D eigenvalue weighted by Crippen LogP contribution is 2.28. The third-order valence-electron chi connectivity index (χ3n) is 4.33. The van der Waals surface area contributed by atoms with Crippen LogP contribution in [0.4, 0.5) is 0 Å². The number of rotatable bonds is 6. The van der Waals surface area contributed by atoms with Gasteiger partial charge in [0.15, 0.2) is 17.6 Å². The van der Waals surface area contributed by atoms with E-state index in [4.69, 9.17) is 14.2 Å². The van der Waals surface area contributed by atoms with Crippen molar-refractivity contribution in [3.05, 3.63) is 24.3 Å². The van der Waals surface area contributed by atoms with Gasteiger partial charge in [0.05, 0.1) is 20.1 Å². The Hall–Kier alpha value is -2.24. The summed E-state index contributed by atoms with van der Waals surface area (Å²) in [5, 5.41) is 0. The van der Waals surface area contributed by atoms with Crippen molar-refractivity contribution in [3.63, 3.8) is 0 Å². The number of amides is 1. The molecule has 1 saturated heterocycles. The molecule has 1 atom stereocenters. The molecule has 0 bridgehead atoms. The first-order valence-electron chi connectivity index (χ1n) is 8.27. The molecular weight excluding hydrogens is 310 g/mol. The minimum absolute atomic E-state index is 0.0493. The van der Waals surface area contributed by atoms with E-state index in [0.29, 0.717) is 43.9 Å². The molecule has 0 radical (unpaired) electrons. The molecule has 0 N–H and O–H groups in total. The van der Waals surface area contributed by atoms with Crippen molar-refractivity contribution in [3.8, 4) is 11.5 Å². The van der Waals surface area contributed by atoms with Gasteiger partial charge in [0.1, 0.15) is 0 Å². The van der Waals surface area contributed by atoms with E-state index in [1.165, 1.54) is 7.11 Å². The molecule has 0 unspecified atom stereocenters. The van der Waals surface area contributed by atoms with Crippen LogP contribution in [0.2, 0.25) is 0 Å². The zero-order chi connectivity index (χ0) is 17.5. The van der Waals surface area contributed by atoms with Crippen molar-refractivity contribution < 1.29 is 23.8 Å². The van der Waals surface area contributed by atoms with E-state index in [2.05, 4.69) is 0 Å². The predicted octanol–water partition coefficient (Wildman–Crippen LogP) is 2.26. The van der Waals surface area contributed by atoms with Crippen molar-refractivity contribution in [2.45, 2.75) is 32.3 Å². The quantitative estimate of drug-likeness (QED) is 0.746. The summed E-state index contributed by atoms with van der Waals surface area (Å²) in [5.74, 6) is 0.804. The molecule has 24 heavy (non-hydrogen) atoms. The molecule has 1 aliphatic rings. The van der Waals surface area contributed by atoms with Crippen LogP contribution in [-0.4, -0.2) is 50.2 Å². The second kappa shape index (κ2) is 8.57. The molecule has 2 rings (SSSR count). The molecule has 1 aromatic rings. The van der Waals surface area contributed by atoms with Crippen LogP contribution in [0.5, 0.6) is 11.5 Å². The van der Waals surface area contributed by atoms with E-state index < -0.39 is 6.10 Å². The summed E-state index contributed by atoms with van der Waals surface area (Å²) >= 11 is 0. The Morgan fingerprint density at radius 1 is 1.17 bits per heavy atom. The van der Waals surface area contributed by atoms with Crippen LogP contribution in [0, 0.1) is 5.92 Å². The number of hydrogen-bond donors (Lipinski definition) is 0. The SMILES string of the molecule is CC[C@@H](Oc1ccccc1OC)C(=O)N1CCC(C(=O)OC)CC1. The molecule has 0 aromatic heterocycles. The van der Waals surface area contributed by atoms with E-state index >= 15 is 0 Å². The van der Waals surface area contributed by atoms with E-state index in [1.807, 2.05) is 19.1 Å². The number of para-hydroxylation sites is 2. The summed E-state index contributed by atoms with van der Waals surface area (Å²) in [4.78, 5) is 26.1. The minimum atomic E-state index is -0.559. The van der Waals surface area contributed by atoms with Gasteiger partial charge < -0.3 is 19.1 Å². The largest absolute Gasteiger partial charge is 0.493 e. The third-order valence-corrected chi connectivity index (χ3v) is 4.33. The average molecular weight is 335 g/mol. The molecule has 1 heterocycles. The minimum Gasteiger partial charge on any atom is -0.493 e. The number of likely N-dealkylation sites (tertiary alicyclic amines) is 1. The van der Waals surface area contributed by atoms with Crippen LogP contribution < -0.4 is 9.47 Å². The van der Waals surface area contributed by atoms with Gasteiger partial charge in [-0.2, -0.15) is 0 Å². The second-order valence-corrected chi connectivity index (χ2v) is 5.79. The Kier molecular flexibility index (Phi) is 6.46. The lowest BCUT2D eigenvalue weighted by Gasteiger charge is -2.33. The van der Waals surface area contributed by atoms with Crippen LogP contribution in [0.25, 0.3) is 0 Å². The maximum absolute atomic E-state index is 12.7. The molecule has 6 heteroatoms. The van der Waals surface area contributed by atoms with Gasteiger partial charge in [-0.15, -0.1) is 0 Å². The fraction of sp³-hybridized carbons (Fsp3) is 0.556. The Bertz CT molecular complexity index is 566. The van der Waals surface area contributed by atoms with Gasteiger partial charge in [0.25, 0.3) is 5.91 Å². The van der Waals surface area contributed by atoms with Crippen LogP contribution in [0.15, 0.2) is 24.3 Å². The van der Waals surface area contributed by atoms with E-state index in [1.54, 1.807) is 24.1 Å². The van der Waals surface area contributed by atoms with Gasteiger partial charge in [-0.05, 0) is 31.4 Å². The first-order chi connectivity index (χ1) is 11.6. The van der Waals surface area contributed by atoms with E-state index in [0.717, 1.165) is 0 Å². The molecule has 0 spiro atoms. The summed E-state index contributed by atoms with van der Waals surface area (Å²) in [6.07, 6.45) is 1.26. The van der Waals surface area contributed by atoms with E-state index in [9.17, 15) is 9.59 Å². The monoisotopic (exact) mass is 335 g/mol. The molecule has 132 valence electrons. The fourth-order valence-electron chi connectivity index (χ4n) is 2.88. The van der Waals surface area contributed by atoms with Crippen LogP contribution in [-0.2, 0) is 14.3 Å². The van der Waals surface area contributed by atoms with Gasteiger partial charge in [0.2, 0.25) is 0 Å². The predicted molar refractivity (Wildman–Crippen MR) is 89.0 cm³/mol. The Balaban J connectivity index is 1.98. The number of esters is 1. The normalized spacial score (nSPS) is 16.4. The van der Waals surface area contributed by atoms with Gasteiger partial charge in [0, 0.05) is 13.1 Å². The lowest BCUT2D eigenvalue weighted by atomic mass is 9.96. The third kappa shape index (κ3) is 4.19. The van der Waals surface area contributed by atoms with Crippen molar-refractivity contribution in [2.75, 3.05) is 27.3 Å². The van der Waals surface area contributed by atoms with Gasteiger partial charge in [-0.25, -0.2) is 0 Å². The summed E-state index contributed by atoms with van der Waals surface area (Å²) in [6.45, 7) is 3.01. The fourth-order valence-corrected chi connectivity index (χ4v) is 2.88. The molecule has 0 aliphatic carbocycles. The van der Waals surface area contributed by atoms with Crippen LogP contribution >= 0.6 is 0 Å². The van der Waals surface area contributed by atoms with Gasteiger partial charge in [-0.1, -0.05) is 19.1 Å². The number of ether oxygens (including phenoxy) is 3. The summed E-state index contributed by atoms with van der Waals surface area (Å²) in [7, 11) is 2.97. The van der Waals surface area contributed by atoms with Crippen molar-refractivity contribution in [1.29, 1.82) is 0 Å². The summed E-state index contributed by atoms with van der Waals surface area (Å²) in [6, 6.07) is 7.29. The highest BCUT2D eigenvalue weighted by atomic mass is 16.5. The first-order valence-corrected chi connectivity index (χ1v) is 8.27. The second-order valence-electron chi connectivity index (χ2n) is 5.79. The Morgan fingerprint density at radius 2 is 1.79 bits per heavy atom. The number of methoxy groups -OCH3 is 2. The molecular formula is C18H25NO5.